The minimum atomic E-state index is -0.425. The van der Waals surface area contributed by atoms with Crippen LogP contribution >= 0.6 is 0 Å². The second-order valence-corrected chi connectivity index (χ2v) is 4.06. The van der Waals surface area contributed by atoms with Gasteiger partial charge in [0.05, 0.1) is 0 Å². The summed E-state index contributed by atoms with van der Waals surface area (Å²) in [5, 5.41) is 6.31. The number of hydrogen-bond acceptors (Lipinski definition) is 4. The molecule has 0 aliphatic heterocycles. The summed E-state index contributed by atoms with van der Waals surface area (Å²) in [7, 11) is 0. The highest BCUT2D eigenvalue weighted by atomic mass is 19.1. The number of carbonyl (C=O) groups excluding carboxylic acids is 1. The van der Waals surface area contributed by atoms with Crippen LogP contribution in [0, 0.1) is 5.82 Å². The molecule has 0 aliphatic rings. The van der Waals surface area contributed by atoms with Crippen molar-refractivity contribution in [2.45, 2.75) is 19.9 Å². The first-order valence-corrected chi connectivity index (χ1v) is 5.47. The third-order valence-corrected chi connectivity index (χ3v) is 2.14. The molecule has 1 amide bonds. The third kappa shape index (κ3) is 2.71. The lowest BCUT2D eigenvalue weighted by Gasteiger charge is -2.03. The molecule has 6 heteroatoms. The van der Waals surface area contributed by atoms with Crippen molar-refractivity contribution in [1.82, 2.24) is 15.5 Å². The van der Waals surface area contributed by atoms with Crippen molar-refractivity contribution in [3.8, 4) is 11.4 Å². The SMILES string of the molecule is CC(C)NC(=O)c1nc(-c2ccc(F)cc2)no1. The number of aromatic nitrogens is 2. The van der Waals surface area contributed by atoms with Crippen LogP contribution in [0.5, 0.6) is 0 Å². The summed E-state index contributed by atoms with van der Waals surface area (Å²) in [5.74, 6) is -0.627. The van der Waals surface area contributed by atoms with Crippen molar-refractivity contribution < 1.29 is 13.7 Å². The Balaban J connectivity index is 2.20. The van der Waals surface area contributed by atoms with Crippen LogP contribution in [-0.4, -0.2) is 22.1 Å². The Kier molecular flexibility index (Phi) is 3.36. The van der Waals surface area contributed by atoms with Crippen molar-refractivity contribution in [2.24, 2.45) is 0 Å². The van der Waals surface area contributed by atoms with Gasteiger partial charge in [0, 0.05) is 11.6 Å². The number of rotatable bonds is 3. The summed E-state index contributed by atoms with van der Waals surface area (Å²) in [6.45, 7) is 3.66. The van der Waals surface area contributed by atoms with Gasteiger partial charge >= 0.3 is 11.8 Å². The van der Waals surface area contributed by atoms with Crippen molar-refractivity contribution in [1.29, 1.82) is 0 Å². The van der Waals surface area contributed by atoms with E-state index in [1.807, 2.05) is 13.8 Å². The molecule has 1 heterocycles. The van der Waals surface area contributed by atoms with Gasteiger partial charge in [0.15, 0.2) is 0 Å². The molecule has 1 aromatic carbocycles. The van der Waals surface area contributed by atoms with E-state index < -0.39 is 5.91 Å². The van der Waals surface area contributed by atoms with Crippen LogP contribution in [0.1, 0.15) is 24.5 Å². The van der Waals surface area contributed by atoms with Crippen LogP contribution in [0.25, 0.3) is 11.4 Å². The fourth-order valence-corrected chi connectivity index (χ4v) is 1.36. The van der Waals surface area contributed by atoms with Gasteiger partial charge in [-0.3, -0.25) is 4.79 Å². The van der Waals surface area contributed by atoms with Crippen LogP contribution in [0.15, 0.2) is 28.8 Å². The lowest BCUT2D eigenvalue weighted by atomic mass is 10.2. The van der Waals surface area contributed by atoms with Gasteiger partial charge in [-0.25, -0.2) is 4.39 Å². The Hall–Kier alpha value is -2.24. The van der Waals surface area contributed by atoms with Crippen LogP contribution in [-0.2, 0) is 0 Å². The van der Waals surface area contributed by atoms with E-state index in [4.69, 9.17) is 4.52 Å². The normalized spacial score (nSPS) is 10.7. The number of amides is 1. The average Bonchev–Trinajstić information content (AvgIpc) is 2.78. The quantitative estimate of drug-likeness (QED) is 0.903. The van der Waals surface area contributed by atoms with E-state index in [1.165, 1.54) is 24.3 Å². The number of hydrogen-bond donors (Lipinski definition) is 1. The minimum Gasteiger partial charge on any atom is -0.346 e. The standard InChI is InChI=1S/C12H12FN3O2/c1-7(2)14-11(17)12-15-10(16-18-12)8-3-5-9(13)6-4-8/h3-7H,1-2H3,(H,14,17). The number of halogens is 1. The molecule has 0 radical (unpaired) electrons. The number of carbonyl (C=O) groups is 1. The summed E-state index contributed by atoms with van der Waals surface area (Å²) >= 11 is 0. The van der Waals surface area contributed by atoms with Crippen molar-refractivity contribution >= 4 is 5.91 Å². The Morgan fingerprint density at radius 1 is 1.33 bits per heavy atom. The van der Waals surface area contributed by atoms with E-state index in [2.05, 4.69) is 15.5 Å². The van der Waals surface area contributed by atoms with Crippen LogP contribution < -0.4 is 5.32 Å². The molecule has 1 N–H and O–H groups in total. The smallest absolute Gasteiger partial charge is 0.316 e. The van der Waals surface area contributed by atoms with Crippen LogP contribution in [0.2, 0.25) is 0 Å². The van der Waals surface area contributed by atoms with Gasteiger partial charge in [-0.15, -0.1) is 0 Å². The maximum absolute atomic E-state index is 12.8. The van der Waals surface area contributed by atoms with E-state index >= 15 is 0 Å². The predicted molar refractivity (Wildman–Crippen MR) is 62.3 cm³/mol. The maximum atomic E-state index is 12.8. The molecule has 0 atom stereocenters. The zero-order valence-corrected chi connectivity index (χ0v) is 9.98. The molecule has 0 saturated carbocycles. The number of nitrogens with one attached hydrogen (secondary N) is 1. The van der Waals surface area contributed by atoms with Crippen molar-refractivity contribution in [3.63, 3.8) is 0 Å². The Morgan fingerprint density at radius 2 is 2.00 bits per heavy atom. The van der Waals surface area contributed by atoms with Gasteiger partial charge in [0.2, 0.25) is 5.82 Å². The predicted octanol–water partition coefficient (Wildman–Crippen LogP) is 2.01. The zero-order chi connectivity index (χ0) is 13.1. The largest absolute Gasteiger partial charge is 0.346 e. The van der Waals surface area contributed by atoms with E-state index in [0.29, 0.717) is 5.56 Å². The summed E-state index contributed by atoms with van der Waals surface area (Å²) in [5.41, 5.74) is 0.587. The second-order valence-electron chi connectivity index (χ2n) is 4.06. The first-order valence-electron chi connectivity index (χ1n) is 5.47. The third-order valence-electron chi connectivity index (χ3n) is 2.14. The van der Waals surface area contributed by atoms with Gasteiger partial charge < -0.3 is 9.84 Å². The molecule has 2 aromatic rings. The van der Waals surface area contributed by atoms with E-state index in [1.54, 1.807) is 0 Å². The molecular weight excluding hydrogens is 237 g/mol. The molecule has 0 bridgehead atoms. The molecule has 0 saturated heterocycles. The van der Waals surface area contributed by atoms with Gasteiger partial charge in [-0.1, -0.05) is 5.16 Å². The van der Waals surface area contributed by atoms with Crippen LogP contribution in [0.4, 0.5) is 4.39 Å². The summed E-state index contributed by atoms with van der Waals surface area (Å²) in [6.07, 6.45) is 0. The topological polar surface area (TPSA) is 68.0 Å². The lowest BCUT2D eigenvalue weighted by Crippen LogP contribution is -2.30. The first kappa shape index (κ1) is 12.2. The average molecular weight is 249 g/mol. The molecule has 2 rings (SSSR count). The monoisotopic (exact) mass is 249 g/mol. The Morgan fingerprint density at radius 3 is 2.61 bits per heavy atom. The molecule has 0 unspecified atom stereocenters. The number of nitrogens with zero attached hydrogens (tertiary/aromatic N) is 2. The zero-order valence-electron chi connectivity index (χ0n) is 9.98. The van der Waals surface area contributed by atoms with E-state index in [0.717, 1.165) is 0 Å². The second kappa shape index (κ2) is 4.95. The number of benzene rings is 1. The van der Waals surface area contributed by atoms with E-state index in [9.17, 15) is 9.18 Å². The Bertz CT molecular complexity index is 549. The van der Waals surface area contributed by atoms with Gasteiger partial charge in [0.1, 0.15) is 5.82 Å². The van der Waals surface area contributed by atoms with Crippen molar-refractivity contribution in [2.75, 3.05) is 0 Å². The molecule has 0 fully saturated rings. The summed E-state index contributed by atoms with van der Waals surface area (Å²) in [4.78, 5) is 15.5. The highest BCUT2D eigenvalue weighted by Crippen LogP contribution is 2.15. The van der Waals surface area contributed by atoms with E-state index in [-0.39, 0.29) is 23.6 Å². The lowest BCUT2D eigenvalue weighted by molar-refractivity contribution is 0.0899. The Labute approximate surface area is 103 Å². The maximum Gasteiger partial charge on any atom is 0.316 e. The minimum absolute atomic E-state index is 0.0151. The fraction of sp³-hybridized carbons (Fsp3) is 0.250. The highest BCUT2D eigenvalue weighted by Gasteiger charge is 2.16. The first-order chi connectivity index (χ1) is 8.56. The van der Waals surface area contributed by atoms with Gasteiger partial charge in [-0.05, 0) is 38.1 Å². The molecule has 94 valence electrons. The van der Waals surface area contributed by atoms with Crippen molar-refractivity contribution in [3.05, 3.63) is 36.0 Å². The van der Waals surface area contributed by atoms with Gasteiger partial charge in [0.25, 0.3) is 0 Å². The highest BCUT2D eigenvalue weighted by molar-refractivity contribution is 5.90. The molecule has 1 aromatic heterocycles. The molecule has 0 aliphatic carbocycles. The fourth-order valence-electron chi connectivity index (χ4n) is 1.36. The molecule has 0 spiro atoms. The molecule has 5 nitrogen and oxygen atoms in total. The van der Waals surface area contributed by atoms with Gasteiger partial charge in [-0.2, -0.15) is 4.98 Å². The molecule has 18 heavy (non-hydrogen) atoms. The van der Waals surface area contributed by atoms with Crippen LogP contribution in [0.3, 0.4) is 0 Å². The molecular formula is C12H12FN3O2. The summed E-state index contributed by atoms with van der Waals surface area (Å²) < 4.78 is 17.6. The summed E-state index contributed by atoms with van der Waals surface area (Å²) in [6, 6.07) is 5.60.